The average Bonchev–Trinajstić information content (AvgIpc) is 2.89. The molecule has 2 aromatic rings. The van der Waals surface area contributed by atoms with Crippen molar-refractivity contribution >= 4 is 28.6 Å². The first-order valence-corrected chi connectivity index (χ1v) is 7.41. The summed E-state index contributed by atoms with van der Waals surface area (Å²) in [6.07, 6.45) is 0.399. The Labute approximate surface area is 131 Å². The van der Waals surface area contributed by atoms with Crippen molar-refractivity contribution in [2.45, 2.75) is 32.1 Å². The molecule has 1 fully saturated rings. The van der Waals surface area contributed by atoms with Crippen LogP contribution in [-0.4, -0.2) is 47.5 Å². The highest BCUT2D eigenvalue weighted by Crippen LogP contribution is 2.51. The largest absolute Gasteiger partial charge is 0.396 e. The Hall–Kier alpha value is -1.48. The molecule has 22 heavy (non-hydrogen) atoms. The fourth-order valence-electron chi connectivity index (χ4n) is 3.12. The molecule has 0 radical (unpaired) electrons. The number of halogens is 1. The van der Waals surface area contributed by atoms with E-state index in [1.54, 1.807) is 0 Å². The Kier molecular flexibility index (Phi) is 3.72. The van der Waals surface area contributed by atoms with Crippen LogP contribution in [0.5, 0.6) is 0 Å². The summed E-state index contributed by atoms with van der Waals surface area (Å²) in [5, 5.41) is 30.7. The number of hydrogen-bond acceptors (Lipinski definition) is 7. The quantitative estimate of drug-likeness (QED) is 0.595. The van der Waals surface area contributed by atoms with E-state index in [1.807, 2.05) is 6.92 Å². The maximum Gasteiger partial charge on any atom is 0.226 e. The average molecular weight is 328 g/mol. The Morgan fingerprint density at radius 1 is 1.50 bits per heavy atom. The maximum atomic E-state index is 10.6. The third-order valence-electron chi connectivity index (χ3n) is 4.90. The summed E-state index contributed by atoms with van der Waals surface area (Å²) in [7, 11) is 0. The van der Waals surface area contributed by atoms with Crippen molar-refractivity contribution in [3.63, 3.8) is 0 Å². The molecule has 0 amide bonds. The van der Waals surface area contributed by atoms with E-state index in [4.69, 9.17) is 17.3 Å². The second kappa shape index (κ2) is 5.31. The van der Waals surface area contributed by atoms with E-state index in [0.717, 1.165) is 6.42 Å². The number of aromatic nitrogens is 4. The van der Waals surface area contributed by atoms with Gasteiger partial charge in [-0.3, -0.25) is 4.57 Å². The monoisotopic (exact) mass is 327 g/mol. The molecule has 0 aromatic carbocycles. The van der Waals surface area contributed by atoms with E-state index >= 15 is 0 Å². The number of hydrogen-bond donors (Lipinski definition) is 4. The lowest BCUT2D eigenvalue weighted by atomic mass is 9.58. The van der Waals surface area contributed by atoms with Crippen molar-refractivity contribution in [2.75, 3.05) is 12.3 Å². The molecule has 0 saturated heterocycles. The standard InChI is InChI=1S/C13H18ClN5O3/c1-6-2-3-13(6,4-20)8(21)11(22)19-5-16-7-9(15)17-12(14)18-10(7)19/h5-6,8,11,20-22H,2-4H2,1H3,(H2,15,17,18)/t6-,8-,11+,13-/m0/s1. The number of imidazole rings is 1. The minimum absolute atomic E-state index is 0.0673. The number of nitrogens with two attached hydrogens (primary N) is 1. The van der Waals surface area contributed by atoms with Gasteiger partial charge in [-0.15, -0.1) is 0 Å². The molecule has 0 bridgehead atoms. The van der Waals surface area contributed by atoms with Gasteiger partial charge in [-0.2, -0.15) is 9.97 Å². The van der Waals surface area contributed by atoms with Crippen molar-refractivity contribution in [1.29, 1.82) is 0 Å². The molecule has 2 aromatic heterocycles. The molecule has 1 aliphatic rings. The van der Waals surface area contributed by atoms with E-state index in [2.05, 4.69) is 15.0 Å². The maximum absolute atomic E-state index is 10.6. The summed E-state index contributed by atoms with van der Waals surface area (Å²) in [5.74, 6) is 0.213. The molecule has 4 atom stereocenters. The second-order valence-electron chi connectivity index (χ2n) is 5.89. The number of fused-ring (bicyclic) bond motifs is 1. The van der Waals surface area contributed by atoms with E-state index in [0.29, 0.717) is 11.9 Å². The predicted octanol–water partition coefficient (Wildman–Crippen LogP) is 0.322. The van der Waals surface area contributed by atoms with Crippen molar-refractivity contribution in [3.8, 4) is 0 Å². The molecule has 8 nitrogen and oxygen atoms in total. The fourth-order valence-corrected chi connectivity index (χ4v) is 3.30. The minimum atomic E-state index is -1.31. The molecule has 0 unspecified atom stereocenters. The Morgan fingerprint density at radius 3 is 2.77 bits per heavy atom. The Balaban J connectivity index is 2.00. The third kappa shape index (κ3) is 2.06. The minimum Gasteiger partial charge on any atom is -0.396 e. The second-order valence-corrected chi connectivity index (χ2v) is 6.23. The number of aliphatic hydroxyl groups excluding tert-OH is 3. The van der Waals surface area contributed by atoms with Crippen molar-refractivity contribution in [3.05, 3.63) is 11.6 Å². The summed E-state index contributed by atoms with van der Waals surface area (Å²) in [5.41, 5.74) is 5.54. The summed E-state index contributed by atoms with van der Waals surface area (Å²) in [6.45, 7) is 1.75. The van der Waals surface area contributed by atoms with Crippen molar-refractivity contribution in [1.82, 2.24) is 19.5 Å². The first-order valence-electron chi connectivity index (χ1n) is 7.03. The zero-order valence-corrected chi connectivity index (χ0v) is 12.8. The van der Waals surface area contributed by atoms with Crippen molar-refractivity contribution < 1.29 is 15.3 Å². The van der Waals surface area contributed by atoms with Crippen LogP contribution in [0.25, 0.3) is 11.2 Å². The van der Waals surface area contributed by atoms with Crippen LogP contribution in [0.1, 0.15) is 26.0 Å². The van der Waals surface area contributed by atoms with Gasteiger partial charge in [0.1, 0.15) is 11.6 Å². The van der Waals surface area contributed by atoms with Crippen LogP contribution in [0.3, 0.4) is 0 Å². The number of aliphatic hydroxyl groups is 3. The van der Waals surface area contributed by atoms with Gasteiger partial charge in [-0.1, -0.05) is 6.92 Å². The van der Waals surface area contributed by atoms with Gasteiger partial charge in [0.05, 0.1) is 12.9 Å². The molecule has 120 valence electrons. The molecule has 3 rings (SSSR count). The van der Waals surface area contributed by atoms with E-state index in [1.165, 1.54) is 10.9 Å². The zero-order chi connectivity index (χ0) is 16.1. The molecule has 0 aliphatic heterocycles. The lowest BCUT2D eigenvalue weighted by Gasteiger charge is -2.51. The predicted molar refractivity (Wildman–Crippen MR) is 79.9 cm³/mol. The lowest BCUT2D eigenvalue weighted by molar-refractivity contribution is -0.173. The van der Waals surface area contributed by atoms with Gasteiger partial charge in [0, 0.05) is 5.41 Å². The molecular formula is C13H18ClN5O3. The lowest BCUT2D eigenvalue weighted by Crippen LogP contribution is -2.53. The molecule has 5 N–H and O–H groups in total. The van der Waals surface area contributed by atoms with Crippen LogP contribution >= 0.6 is 11.6 Å². The normalized spacial score (nSPS) is 27.6. The first-order chi connectivity index (χ1) is 10.4. The SMILES string of the molecule is C[C@H]1CC[C@@]1(CO)[C@@H](O)[C@@H](O)n1cnc2c(N)nc(Cl)nc21. The van der Waals surface area contributed by atoms with Gasteiger partial charge >= 0.3 is 0 Å². The molecule has 9 heteroatoms. The highest BCUT2D eigenvalue weighted by Gasteiger charge is 2.52. The topological polar surface area (TPSA) is 130 Å². The van der Waals surface area contributed by atoms with Crippen LogP contribution in [0.2, 0.25) is 5.28 Å². The highest BCUT2D eigenvalue weighted by molar-refractivity contribution is 6.28. The van der Waals surface area contributed by atoms with E-state index in [9.17, 15) is 15.3 Å². The van der Waals surface area contributed by atoms with Crippen LogP contribution in [0, 0.1) is 11.3 Å². The Bertz CT molecular complexity index is 704. The summed E-state index contributed by atoms with van der Waals surface area (Å²) in [4.78, 5) is 11.9. The van der Waals surface area contributed by atoms with Gasteiger partial charge in [0.25, 0.3) is 0 Å². The third-order valence-corrected chi connectivity index (χ3v) is 5.07. The van der Waals surface area contributed by atoms with Crippen LogP contribution in [0.4, 0.5) is 5.82 Å². The first kappa shape index (κ1) is 15.4. The molecule has 1 saturated carbocycles. The van der Waals surface area contributed by atoms with Gasteiger partial charge in [-0.25, -0.2) is 4.98 Å². The summed E-state index contributed by atoms with van der Waals surface area (Å²) in [6, 6.07) is 0. The molecule has 0 spiro atoms. The van der Waals surface area contributed by atoms with Crippen LogP contribution in [0.15, 0.2) is 6.33 Å². The van der Waals surface area contributed by atoms with E-state index < -0.39 is 17.7 Å². The van der Waals surface area contributed by atoms with Crippen LogP contribution in [-0.2, 0) is 0 Å². The van der Waals surface area contributed by atoms with Crippen LogP contribution < -0.4 is 5.73 Å². The van der Waals surface area contributed by atoms with Gasteiger partial charge < -0.3 is 21.1 Å². The number of nitrogen functional groups attached to an aromatic ring is 1. The molecule has 1 aliphatic carbocycles. The molecular weight excluding hydrogens is 310 g/mol. The Morgan fingerprint density at radius 2 is 2.23 bits per heavy atom. The van der Waals surface area contributed by atoms with Crippen molar-refractivity contribution in [2.24, 2.45) is 11.3 Å². The highest BCUT2D eigenvalue weighted by atomic mass is 35.5. The molecule has 2 heterocycles. The van der Waals surface area contributed by atoms with E-state index in [-0.39, 0.29) is 29.3 Å². The van der Waals surface area contributed by atoms with Gasteiger partial charge in [0.15, 0.2) is 17.7 Å². The fraction of sp³-hybridized carbons (Fsp3) is 0.615. The summed E-state index contributed by atoms with van der Waals surface area (Å²) < 4.78 is 1.30. The number of rotatable bonds is 4. The number of anilines is 1. The van der Waals surface area contributed by atoms with Gasteiger partial charge in [0.2, 0.25) is 5.28 Å². The smallest absolute Gasteiger partial charge is 0.226 e. The summed E-state index contributed by atoms with van der Waals surface area (Å²) >= 11 is 5.79. The zero-order valence-electron chi connectivity index (χ0n) is 12.0. The van der Waals surface area contributed by atoms with Gasteiger partial charge in [-0.05, 0) is 30.4 Å². The number of nitrogens with zero attached hydrogens (tertiary/aromatic N) is 4.